The Hall–Kier alpha value is -2.32. The molecule has 0 aromatic heterocycles. The summed E-state index contributed by atoms with van der Waals surface area (Å²) in [7, 11) is -2.99. The Labute approximate surface area is 162 Å². The number of methoxy groups -OCH3 is 1. The van der Waals surface area contributed by atoms with E-state index >= 15 is 0 Å². The lowest BCUT2D eigenvalue weighted by Gasteiger charge is -2.24. The van der Waals surface area contributed by atoms with E-state index in [2.05, 4.69) is 0 Å². The quantitative estimate of drug-likeness (QED) is 0.646. The molecule has 0 aliphatic carbocycles. The van der Waals surface area contributed by atoms with Crippen LogP contribution in [0.5, 0.6) is 5.75 Å². The molecule has 0 amide bonds. The number of carbonyl (C=O) groups excluding carboxylic acids is 1. The van der Waals surface area contributed by atoms with Gasteiger partial charge < -0.3 is 9.47 Å². The fourth-order valence-corrected chi connectivity index (χ4v) is 3.90. The van der Waals surface area contributed by atoms with Crippen molar-refractivity contribution in [3.63, 3.8) is 0 Å². The topological polar surface area (TPSA) is 72.9 Å². The largest absolute Gasteiger partial charge is 0.494 e. The van der Waals surface area contributed by atoms with Gasteiger partial charge in [0.1, 0.15) is 6.54 Å². The summed E-state index contributed by atoms with van der Waals surface area (Å²) in [5, 5.41) is 0.331. The van der Waals surface area contributed by atoms with Gasteiger partial charge in [-0.05, 0) is 49.7 Å². The van der Waals surface area contributed by atoms with Gasteiger partial charge in [0.25, 0.3) is 10.0 Å². The van der Waals surface area contributed by atoms with Crippen LogP contribution in [0, 0.1) is 12.7 Å². The summed E-state index contributed by atoms with van der Waals surface area (Å²) < 4.78 is 50.7. The first-order valence-electron chi connectivity index (χ1n) is 7.98. The SMILES string of the molecule is CCOC(=O)CN(c1ccc(C)c(Cl)c1)S(=O)(=O)c1ccc(OC)c(F)c1. The van der Waals surface area contributed by atoms with E-state index in [1.54, 1.807) is 19.9 Å². The molecular formula is C18H19ClFNO5S. The smallest absolute Gasteiger partial charge is 0.326 e. The first-order chi connectivity index (χ1) is 12.7. The van der Waals surface area contributed by atoms with Crippen LogP contribution in [0.3, 0.4) is 0 Å². The van der Waals surface area contributed by atoms with Crippen molar-refractivity contribution >= 4 is 33.3 Å². The Bertz CT molecular complexity index is 949. The third-order valence-electron chi connectivity index (χ3n) is 3.73. The van der Waals surface area contributed by atoms with Gasteiger partial charge >= 0.3 is 5.97 Å². The van der Waals surface area contributed by atoms with Gasteiger partial charge in [0.15, 0.2) is 11.6 Å². The molecule has 0 bridgehead atoms. The average Bonchev–Trinajstić information content (AvgIpc) is 2.62. The molecule has 0 saturated heterocycles. The molecule has 0 unspecified atom stereocenters. The molecule has 2 aromatic carbocycles. The van der Waals surface area contributed by atoms with Gasteiger partial charge in [-0.1, -0.05) is 17.7 Å². The average molecular weight is 416 g/mol. The molecule has 0 saturated carbocycles. The maximum atomic E-state index is 14.0. The van der Waals surface area contributed by atoms with E-state index < -0.39 is 28.4 Å². The molecule has 0 aliphatic rings. The number of halogens is 2. The summed E-state index contributed by atoms with van der Waals surface area (Å²) in [6.07, 6.45) is 0. The molecule has 0 heterocycles. The van der Waals surface area contributed by atoms with Crippen molar-refractivity contribution in [2.45, 2.75) is 18.7 Å². The normalized spacial score (nSPS) is 11.1. The number of aryl methyl sites for hydroxylation is 1. The Morgan fingerprint density at radius 2 is 1.93 bits per heavy atom. The standard InChI is InChI=1S/C18H19ClFNO5S/c1-4-26-18(22)11-21(13-6-5-12(2)15(19)9-13)27(23,24)14-7-8-17(25-3)16(20)10-14/h5-10H,4,11H2,1-3H3. The zero-order chi connectivity index (χ0) is 20.2. The van der Waals surface area contributed by atoms with Gasteiger partial charge in [0.2, 0.25) is 0 Å². The number of esters is 1. The van der Waals surface area contributed by atoms with Crippen LogP contribution in [-0.4, -0.2) is 34.6 Å². The first kappa shape index (κ1) is 21.0. The van der Waals surface area contributed by atoms with Crippen molar-refractivity contribution in [2.24, 2.45) is 0 Å². The van der Waals surface area contributed by atoms with Crippen molar-refractivity contribution < 1.29 is 27.1 Å². The molecule has 9 heteroatoms. The van der Waals surface area contributed by atoms with Crippen LogP contribution < -0.4 is 9.04 Å². The highest BCUT2D eigenvalue weighted by molar-refractivity contribution is 7.92. The summed E-state index contributed by atoms with van der Waals surface area (Å²) in [6.45, 7) is 2.88. The number of hydrogen-bond donors (Lipinski definition) is 0. The van der Waals surface area contributed by atoms with Crippen molar-refractivity contribution in [1.29, 1.82) is 0 Å². The number of carbonyl (C=O) groups is 1. The minimum absolute atomic E-state index is 0.0933. The van der Waals surface area contributed by atoms with Gasteiger partial charge in [-0.3, -0.25) is 9.10 Å². The van der Waals surface area contributed by atoms with E-state index in [9.17, 15) is 17.6 Å². The second kappa shape index (κ2) is 8.58. The van der Waals surface area contributed by atoms with Crippen LogP contribution in [-0.2, 0) is 19.6 Å². The highest BCUT2D eigenvalue weighted by Gasteiger charge is 2.29. The van der Waals surface area contributed by atoms with Gasteiger partial charge in [-0.15, -0.1) is 0 Å². The maximum Gasteiger partial charge on any atom is 0.326 e. The van der Waals surface area contributed by atoms with Crippen LogP contribution in [0.1, 0.15) is 12.5 Å². The van der Waals surface area contributed by atoms with E-state index in [4.69, 9.17) is 21.1 Å². The predicted octanol–water partition coefficient (Wildman–Crippen LogP) is 3.55. The summed E-state index contributed by atoms with van der Waals surface area (Å²) >= 11 is 6.10. The Morgan fingerprint density at radius 3 is 2.48 bits per heavy atom. The molecule has 146 valence electrons. The number of benzene rings is 2. The minimum atomic E-state index is -4.27. The monoisotopic (exact) mass is 415 g/mol. The molecule has 6 nitrogen and oxygen atoms in total. The van der Waals surface area contributed by atoms with Crippen molar-refractivity contribution in [1.82, 2.24) is 0 Å². The molecule has 2 rings (SSSR count). The lowest BCUT2D eigenvalue weighted by Crippen LogP contribution is -2.36. The highest BCUT2D eigenvalue weighted by atomic mass is 35.5. The Morgan fingerprint density at radius 1 is 1.22 bits per heavy atom. The molecule has 0 fully saturated rings. The zero-order valence-corrected chi connectivity index (χ0v) is 16.6. The number of ether oxygens (including phenoxy) is 2. The van der Waals surface area contributed by atoms with E-state index in [-0.39, 0.29) is 22.9 Å². The van der Waals surface area contributed by atoms with E-state index in [1.807, 2.05) is 0 Å². The number of sulfonamides is 1. The lowest BCUT2D eigenvalue weighted by molar-refractivity contribution is -0.141. The van der Waals surface area contributed by atoms with Crippen LogP contribution in [0.2, 0.25) is 5.02 Å². The fraction of sp³-hybridized carbons (Fsp3) is 0.278. The zero-order valence-electron chi connectivity index (χ0n) is 15.0. The van der Waals surface area contributed by atoms with Gasteiger partial charge in [0, 0.05) is 5.02 Å². The summed E-state index contributed by atoms with van der Waals surface area (Å²) in [6, 6.07) is 7.80. The first-order valence-corrected chi connectivity index (χ1v) is 9.80. The Kier molecular flexibility index (Phi) is 6.67. The van der Waals surface area contributed by atoms with E-state index in [0.717, 1.165) is 15.9 Å². The molecule has 0 atom stereocenters. The number of nitrogens with zero attached hydrogens (tertiary/aromatic N) is 1. The third-order valence-corrected chi connectivity index (χ3v) is 5.91. The van der Waals surface area contributed by atoms with Crippen LogP contribution in [0.25, 0.3) is 0 Å². The van der Waals surface area contributed by atoms with Crippen LogP contribution in [0.4, 0.5) is 10.1 Å². The van der Waals surface area contributed by atoms with Crippen molar-refractivity contribution in [3.05, 3.63) is 52.8 Å². The number of anilines is 1. The predicted molar refractivity (Wildman–Crippen MR) is 100 cm³/mol. The van der Waals surface area contributed by atoms with E-state index in [1.165, 1.54) is 31.4 Å². The van der Waals surface area contributed by atoms with Gasteiger partial charge in [-0.25, -0.2) is 12.8 Å². The summed E-state index contributed by atoms with van der Waals surface area (Å²) in [5.41, 5.74) is 0.902. The molecule has 0 radical (unpaired) electrons. The van der Waals surface area contributed by atoms with Gasteiger partial charge in [-0.2, -0.15) is 0 Å². The fourth-order valence-electron chi connectivity index (χ4n) is 2.31. The summed E-state index contributed by atoms with van der Waals surface area (Å²) in [5.74, 6) is -1.67. The molecule has 0 N–H and O–H groups in total. The van der Waals surface area contributed by atoms with Crippen molar-refractivity contribution in [2.75, 3.05) is 24.6 Å². The minimum Gasteiger partial charge on any atom is -0.494 e. The van der Waals surface area contributed by atoms with E-state index in [0.29, 0.717) is 5.02 Å². The third kappa shape index (κ3) is 4.70. The molecule has 2 aromatic rings. The lowest BCUT2D eigenvalue weighted by atomic mass is 10.2. The second-order valence-electron chi connectivity index (χ2n) is 5.55. The second-order valence-corrected chi connectivity index (χ2v) is 7.82. The molecule has 0 aliphatic heterocycles. The molecule has 0 spiro atoms. The molecular weight excluding hydrogens is 397 g/mol. The van der Waals surface area contributed by atoms with Crippen LogP contribution in [0.15, 0.2) is 41.3 Å². The maximum absolute atomic E-state index is 14.0. The highest BCUT2D eigenvalue weighted by Crippen LogP contribution is 2.29. The molecule has 27 heavy (non-hydrogen) atoms. The Balaban J connectivity index is 2.55. The number of hydrogen-bond acceptors (Lipinski definition) is 5. The van der Waals surface area contributed by atoms with Crippen LogP contribution >= 0.6 is 11.6 Å². The summed E-state index contributed by atoms with van der Waals surface area (Å²) in [4.78, 5) is 11.6. The number of rotatable bonds is 7. The van der Waals surface area contributed by atoms with Gasteiger partial charge in [0.05, 0.1) is 24.3 Å². The van der Waals surface area contributed by atoms with Crippen molar-refractivity contribution in [3.8, 4) is 5.75 Å².